The largest absolute Gasteiger partial charge is 0.477 e. The Morgan fingerprint density at radius 3 is 2.38 bits per heavy atom. The molecule has 1 aromatic heterocycles. The van der Waals surface area contributed by atoms with E-state index in [1.165, 1.54) is 24.3 Å². The Kier molecular flexibility index (Phi) is 6.01. The third-order valence-corrected chi connectivity index (χ3v) is 4.97. The lowest BCUT2D eigenvalue weighted by atomic mass is 10.1. The first kappa shape index (κ1) is 19.9. The van der Waals surface area contributed by atoms with Crippen molar-refractivity contribution < 1.29 is 27.9 Å². The van der Waals surface area contributed by atoms with E-state index in [1.807, 2.05) is 0 Å². The Bertz CT molecular complexity index is 801. The zero-order valence-corrected chi connectivity index (χ0v) is 14.9. The first-order valence-corrected chi connectivity index (χ1v) is 8.55. The van der Waals surface area contributed by atoms with Gasteiger partial charge in [0.25, 0.3) is 5.91 Å². The average molecular weight is 386 g/mol. The molecular weight excluding hydrogens is 369 g/mol. The van der Waals surface area contributed by atoms with E-state index < -0.39 is 30.5 Å². The molecule has 2 rings (SSSR count). The second-order valence-electron chi connectivity index (χ2n) is 5.78. The second-order valence-corrected chi connectivity index (χ2v) is 6.81. The minimum absolute atomic E-state index is 0.120. The summed E-state index contributed by atoms with van der Waals surface area (Å²) in [5, 5.41) is 12.2. The van der Waals surface area contributed by atoms with Crippen molar-refractivity contribution in [2.45, 2.75) is 38.9 Å². The zero-order valence-electron chi connectivity index (χ0n) is 14.1. The number of hydrogen-bond donors (Lipinski definition) is 2. The van der Waals surface area contributed by atoms with E-state index >= 15 is 0 Å². The summed E-state index contributed by atoms with van der Waals surface area (Å²) < 4.78 is 36.7. The summed E-state index contributed by atoms with van der Waals surface area (Å²) in [4.78, 5) is 27.6. The van der Waals surface area contributed by atoms with Crippen LogP contribution < -0.4 is 5.32 Å². The number of aryl methyl sites for hydroxylation is 2. The fourth-order valence-corrected chi connectivity index (χ4v) is 3.16. The molecule has 140 valence electrons. The number of carboxylic acids is 1. The summed E-state index contributed by atoms with van der Waals surface area (Å²) in [6.07, 6.45) is -5.27. The number of rotatable bonds is 6. The van der Waals surface area contributed by atoms with Crippen LogP contribution in [0.15, 0.2) is 24.3 Å². The number of carbonyl (C=O) groups is 2. The number of halogens is 3. The van der Waals surface area contributed by atoms with Gasteiger partial charge in [0, 0.05) is 12.0 Å². The first-order valence-electron chi connectivity index (χ1n) is 7.74. The average Bonchev–Trinajstić information content (AvgIpc) is 2.95. The van der Waals surface area contributed by atoms with E-state index in [-0.39, 0.29) is 11.3 Å². The van der Waals surface area contributed by atoms with Gasteiger partial charge in [-0.1, -0.05) is 12.1 Å². The van der Waals surface area contributed by atoms with Crippen LogP contribution in [0.5, 0.6) is 0 Å². The molecule has 0 radical (unpaired) electrons. The van der Waals surface area contributed by atoms with Gasteiger partial charge in [0.1, 0.15) is 9.88 Å². The lowest BCUT2D eigenvalue weighted by Crippen LogP contribution is -2.26. The maximum absolute atomic E-state index is 12.3. The smallest absolute Gasteiger partial charge is 0.389 e. The molecule has 0 saturated heterocycles. The highest BCUT2D eigenvalue weighted by Crippen LogP contribution is 2.24. The van der Waals surface area contributed by atoms with Gasteiger partial charge >= 0.3 is 12.1 Å². The lowest BCUT2D eigenvalue weighted by molar-refractivity contribution is -0.134. The Labute approximate surface area is 151 Å². The van der Waals surface area contributed by atoms with Crippen molar-refractivity contribution >= 4 is 23.2 Å². The fraction of sp³-hybridized carbons (Fsp3) is 0.353. The van der Waals surface area contributed by atoms with Gasteiger partial charge in [-0.05, 0) is 38.0 Å². The van der Waals surface area contributed by atoms with Crippen molar-refractivity contribution in [2.75, 3.05) is 0 Å². The number of hydrogen-bond acceptors (Lipinski definition) is 4. The van der Waals surface area contributed by atoms with Gasteiger partial charge in [-0.15, -0.1) is 11.3 Å². The Balaban J connectivity index is 2.00. The molecular formula is C17H17F3N2O3S. The van der Waals surface area contributed by atoms with Gasteiger partial charge in [-0.25, -0.2) is 9.78 Å². The number of alkyl halides is 3. The molecule has 0 aliphatic carbocycles. The Hall–Kier alpha value is -2.42. The minimum atomic E-state index is -4.22. The number of amides is 1. The molecule has 2 aromatic rings. The van der Waals surface area contributed by atoms with Gasteiger partial charge < -0.3 is 10.4 Å². The standard InChI is InChI=1S/C17H17F3N2O3S/c1-9-13(16(24)25)26-15(22-9)10(2)21-14(23)12-5-3-11(4-6-12)7-8-17(18,19)20/h3-6,10H,7-8H2,1-2H3,(H,21,23)(H,24,25). The number of nitrogens with one attached hydrogen (secondary N) is 1. The minimum Gasteiger partial charge on any atom is -0.477 e. The van der Waals surface area contributed by atoms with E-state index in [9.17, 15) is 22.8 Å². The van der Waals surface area contributed by atoms with Crippen LogP contribution >= 0.6 is 11.3 Å². The molecule has 5 nitrogen and oxygen atoms in total. The predicted octanol–water partition coefficient (Wildman–Crippen LogP) is 4.14. The summed E-state index contributed by atoms with van der Waals surface area (Å²) >= 11 is 0.992. The molecule has 2 N–H and O–H groups in total. The number of nitrogens with zero attached hydrogens (tertiary/aromatic N) is 1. The molecule has 1 heterocycles. The third kappa shape index (κ3) is 5.29. The SMILES string of the molecule is Cc1nc(C(C)NC(=O)c2ccc(CCC(F)(F)F)cc2)sc1C(=O)O. The number of carboxylic acid groups (broad SMARTS) is 1. The first-order chi connectivity index (χ1) is 12.1. The van der Waals surface area contributed by atoms with E-state index in [0.29, 0.717) is 21.8 Å². The number of thiazole rings is 1. The lowest BCUT2D eigenvalue weighted by Gasteiger charge is -2.12. The summed E-state index contributed by atoms with van der Waals surface area (Å²) in [7, 11) is 0. The summed E-state index contributed by atoms with van der Waals surface area (Å²) in [6, 6.07) is 5.40. The quantitative estimate of drug-likeness (QED) is 0.782. The molecule has 1 aromatic carbocycles. The maximum Gasteiger partial charge on any atom is 0.389 e. The molecule has 0 saturated carbocycles. The normalized spacial score (nSPS) is 12.7. The molecule has 0 fully saturated rings. The van der Waals surface area contributed by atoms with Crippen LogP contribution in [0.2, 0.25) is 0 Å². The number of carbonyl (C=O) groups excluding carboxylic acids is 1. The van der Waals surface area contributed by atoms with Crippen LogP contribution in [0.1, 0.15) is 55.7 Å². The Morgan fingerprint density at radius 2 is 1.88 bits per heavy atom. The Morgan fingerprint density at radius 1 is 1.27 bits per heavy atom. The van der Waals surface area contributed by atoms with Gasteiger partial charge in [-0.3, -0.25) is 4.79 Å². The van der Waals surface area contributed by atoms with Gasteiger partial charge in [0.2, 0.25) is 0 Å². The van der Waals surface area contributed by atoms with Crippen molar-refractivity contribution in [3.05, 3.63) is 51.0 Å². The van der Waals surface area contributed by atoms with Gasteiger partial charge in [-0.2, -0.15) is 13.2 Å². The third-order valence-electron chi connectivity index (χ3n) is 3.64. The molecule has 0 bridgehead atoms. The van der Waals surface area contributed by atoms with Gasteiger partial charge in [0.05, 0.1) is 11.7 Å². The fourth-order valence-electron chi connectivity index (χ4n) is 2.25. The second kappa shape index (κ2) is 7.86. The summed E-state index contributed by atoms with van der Waals surface area (Å²) in [5.41, 5.74) is 1.18. The molecule has 0 aliphatic heterocycles. The van der Waals surface area contributed by atoms with Crippen molar-refractivity contribution in [3.8, 4) is 0 Å². The molecule has 0 aliphatic rings. The van der Waals surface area contributed by atoms with E-state index in [0.717, 1.165) is 11.3 Å². The molecule has 1 atom stereocenters. The van der Waals surface area contributed by atoms with Crippen LogP contribution in [-0.4, -0.2) is 28.1 Å². The van der Waals surface area contributed by atoms with E-state index in [1.54, 1.807) is 13.8 Å². The van der Waals surface area contributed by atoms with Crippen LogP contribution in [-0.2, 0) is 6.42 Å². The van der Waals surface area contributed by atoms with Crippen LogP contribution in [0.4, 0.5) is 13.2 Å². The van der Waals surface area contributed by atoms with Gasteiger partial charge in [0.15, 0.2) is 0 Å². The number of aromatic carboxylic acids is 1. The molecule has 9 heteroatoms. The molecule has 1 unspecified atom stereocenters. The molecule has 0 spiro atoms. The maximum atomic E-state index is 12.3. The highest BCUT2D eigenvalue weighted by Gasteiger charge is 2.26. The highest BCUT2D eigenvalue weighted by molar-refractivity contribution is 7.13. The summed E-state index contributed by atoms with van der Waals surface area (Å²) in [5.74, 6) is -1.48. The van der Waals surface area contributed by atoms with Crippen LogP contribution in [0.25, 0.3) is 0 Å². The monoisotopic (exact) mass is 386 g/mol. The van der Waals surface area contributed by atoms with Crippen molar-refractivity contribution in [3.63, 3.8) is 0 Å². The van der Waals surface area contributed by atoms with Crippen LogP contribution in [0.3, 0.4) is 0 Å². The highest BCUT2D eigenvalue weighted by atomic mass is 32.1. The van der Waals surface area contributed by atoms with Crippen molar-refractivity contribution in [1.82, 2.24) is 10.3 Å². The van der Waals surface area contributed by atoms with Crippen molar-refractivity contribution in [1.29, 1.82) is 0 Å². The van der Waals surface area contributed by atoms with Crippen molar-refractivity contribution in [2.24, 2.45) is 0 Å². The van der Waals surface area contributed by atoms with Crippen LogP contribution in [0, 0.1) is 6.92 Å². The number of aromatic nitrogens is 1. The topological polar surface area (TPSA) is 79.3 Å². The predicted molar refractivity (Wildman–Crippen MR) is 90.5 cm³/mol. The zero-order chi connectivity index (χ0) is 19.5. The number of benzene rings is 1. The van der Waals surface area contributed by atoms with E-state index in [2.05, 4.69) is 10.3 Å². The van der Waals surface area contributed by atoms with E-state index in [4.69, 9.17) is 5.11 Å². The molecule has 1 amide bonds. The summed E-state index contributed by atoms with van der Waals surface area (Å²) in [6.45, 7) is 3.26. The molecule has 26 heavy (non-hydrogen) atoms.